The Labute approximate surface area is 218 Å². The minimum Gasteiger partial charge on any atom is -0.393 e. The molecule has 0 aromatic heterocycles. The van der Waals surface area contributed by atoms with Crippen molar-refractivity contribution in [1.82, 2.24) is 0 Å². The molecule has 2 heterocycles. The monoisotopic (exact) mass is 516 g/mol. The molecule has 2 aliphatic heterocycles. The van der Waals surface area contributed by atoms with Crippen LogP contribution in [0.25, 0.3) is 0 Å². The van der Waals surface area contributed by atoms with Crippen molar-refractivity contribution in [3.63, 3.8) is 0 Å². The van der Waals surface area contributed by atoms with E-state index in [0.29, 0.717) is 25.7 Å². The van der Waals surface area contributed by atoms with Gasteiger partial charge in [0, 0.05) is 0 Å². The predicted octanol–water partition coefficient (Wildman–Crippen LogP) is 4.26. The summed E-state index contributed by atoms with van der Waals surface area (Å²) in [6.07, 6.45) is 15.5. The Bertz CT molecular complexity index is 828. The Morgan fingerprint density at radius 2 is 0.811 bits per heavy atom. The number of fused-ring (bicyclic) bond motifs is 2. The SMILES string of the molecule is O=C1OC(=O)C2CC(OC3CCC(CC4CCC(OC5CCC6C(=O)OC(=O)C6C5)CC4)CC3)CCC12. The van der Waals surface area contributed by atoms with E-state index in [2.05, 4.69) is 0 Å². The van der Waals surface area contributed by atoms with Gasteiger partial charge in [-0.25, -0.2) is 0 Å². The van der Waals surface area contributed by atoms with Gasteiger partial charge in [-0.05, 0) is 108 Å². The highest BCUT2D eigenvalue weighted by Gasteiger charge is 2.49. The summed E-state index contributed by atoms with van der Waals surface area (Å²) in [6.45, 7) is 0. The molecule has 0 bridgehead atoms. The van der Waals surface area contributed by atoms with Crippen molar-refractivity contribution in [2.24, 2.45) is 35.5 Å². The van der Waals surface area contributed by atoms with Crippen LogP contribution < -0.4 is 0 Å². The third kappa shape index (κ3) is 5.51. The first-order valence-corrected chi connectivity index (χ1v) is 14.7. The smallest absolute Gasteiger partial charge is 0.317 e. The quantitative estimate of drug-likeness (QED) is 0.381. The summed E-state index contributed by atoms with van der Waals surface area (Å²) >= 11 is 0. The lowest BCUT2D eigenvalue weighted by Crippen LogP contribution is -2.35. The molecule has 4 saturated carbocycles. The van der Waals surface area contributed by atoms with Crippen molar-refractivity contribution in [1.29, 1.82) is 0 Å². The van der Waals surface area contributed by atoms with Crippen LogP contribution in [0.15, 0.2) is 0 Å². The van der Waals surface area contributed by atoms with Crippen molar-refractivity contribution in [2.45, 2.75) is 121 Å². The minimum absolute atomic E-state index is 0.0754. The van der Waals surface area contributed by atoms with Crippen molar-refractivity contribution in [3.05, 3.63) is 0 Å². The van der Waals surface area contributed by atoms with Crippen molar-refractivity contribution in [2.75, 3.05) is 0 Å². The number of carbonyl (C=O) groups excluding carboxylic acids is 4. The van der Waals surface area contributed by atoms with Gasteiger partial charge in [-0.2, -0.15) is 0 Å². The first-order valence-electron chi connectivity index (χ1n) is 14.7. The zero-order valence-electron chi connectivity index (χ0n) is 21.6. The van der Waals surface area contributed by atoms with Gasteiger partial charge in [-0.3, -0.25) is 19.2 Å². The normalized spacial score (nSPS) is 44.2. The van der Waals surface area contributed by atoms with E-state index in [1.807, 2.05) is 0 Å². The number of rotatable bonds is 6. The highest BCUT2D eigenvalue weighted by Crippen LogP contribution is 2.42. The van der Waals surface area contributed by atoms with E-state index < -0.39 is 0 Å². The van der Waals surface area contributed by atoms with E-state index in [0.717, 1.165) is 50.4 Å². The zero-order valence-corrected chi connectivity index (χ0v) is 21.6. The molecular weight excluding hydrogens is 476 g/mol. The molecule has 8 nitrogen and oxygen atoms in total. The van der Waals surface area contributed by atoms with E-state index in [1.165, 1.54) is 32.1 Å². The third-order valence-electron chi connectivity index (χ3n) is 10.2. The van der Waals surface area contributed by atoms with Crippen LogP contribution in [0.2, 0.25) is 0 Å². The molecule has 37 heavy (non-hydrogen) atoms. The fourth-order valence-electron chi connectivity index (χ4n) is 8.12. The molecule has 0 N–H and O–H groups in total. The summed E-state index contributed by atoms with van der Waals surface area (Å²) in [6, 6.07) is 0. The predicted molar refractivity (Wildman–Crippen MR) is 130 cm³/mol. The average molecular weight is 517 g/mol. The lowest BCUT2D eigenvalue weighted by Gasteiger charge is -2.37. The highest BCUT2D eigenvalue weighted by molar-refractivity contribution is 5.97. The van der Waals surface area contributed by atoms with Gasteiger partial charge in [0.1, 0.15) is 0 Å². The molecule has 0 radical (unpaired) electrons. The molecule has 6 atom stereocenters. The lowest BCUT2D eigenvalue weighted by atomic mass is 9.76. The second-order valence-electron chi connectivity index (χ2n) is 12.6. The number of esters is 4. The highest BCUT2D eigenvalue weighted by atomic mass is 16.6. The summed E-state index contributed by atoms with van der Waals surface area (Å²) in [7, 11) is 0. The first kappa shape index (κ1) is 25.5. The molecule has 2 saturated heterocycles. The molecule has 0 amide bonds. The van der Waals surface area contributed by atoms with Crippen LogP contribution in [0.5, 0.6) is 0 Å². The summed E-state index contributed by atoms with van der Waals surface area (Å²) in [5.74, 6) is -0.913. The maximum Gasteiger partial charge on any atom is 0.317 e. The fraction of sp³-hybridized carbons (Fsp3) is 0.862. The fourth-order valence-corrected chi connectivity index (χ4v) is 8.12. The average Bonchev–Trinajstić information content (AvgIpc) is 3.34. The van der Waals surface area contributed by atoms with Crippen molar-refractivity contribution in [3.8, 4) is 0 Å². The Hall–Kier alpha value is -1.80. The van der Waals surface area contributed by atoms with Crippen LogP contribution in [-0.4, -0.2) is 48.3 Å². The molecule has 6 unspecified atom stereocenters. The van der Waals surface area contributed by atoms with Crippen LogP contribution >= 0.6 is 0 Å². The van der Waals surface area contributed by atoms with Gasteiger partial charge in [-0.1, -0.05) is 0 Å². The number of cyclic esters (lactones) is 4. The molecule has 6 aliphatic rings. The van der Waals surface area contributed by atoms with Gasteiger partial charge < -0.3 is 18.9 Å². The van der Waals surface area contributed by atoms with Gasteiger partial charge in [-0.15, -0.1) is 0 Å². The zero-order chi connectivity index (χ0) is 25.5. The summed E-state index contributed by atoms with van der Waals surface area (Å²) in [4.78, 5) is 47.4. The topological polar surface area (TPSA) is 105 Å². The number of carbonyl (C=O) groups is 4. The van der Waals surface area contributed by atoms with Crippen LogP contribution in [0.3, 0.4) is 0 Å². The van der Waals surface area contributed by atoms with Gasteiger partial charge in [0.15, 0.2) is 0 Å². The molecule has 6 fully saturated rings. The number of ether oxygens (including phenoxy) is 4. The Morgan fingerprint density at radius 1 is 0.459 bits per heavy atom. The molecule has 8 heteroatoms. The molecule has 6 rings (SSSR count). The second kappa shape index (κ2) is 10.8. The van der Waals surface area contributed by atoms with Crippen LogP contribution in [-0.2, 0) is 38.1 Å². The Morgan fingerprint density at radius 3 is 1.22 bits per heavy atom. The van der Waals surface area contributed by atoms with Crippen molar-refractivity contribution < 1.29 is 38.1 Å². The molecular formula is C29H40O8. The van der Waals surface area contributed by atoms with Gasteiger partial charge in [0.2, 0.25) is 0 Å². The Balaban J connectivity index is 0.875. The summed E-state index contributed by atoms with van der Waals surface area (Å²) in [5.41, 5.74) is 0. The van der Waals surface area contributed by atoms with Crippen LogP contribution in [0.4, 0.5) is 0 Å². The van der Waals surface area contributed by atoms with Gasteiger partial charge in [0.25, 0.3) is 0 Å². The minimum atomic E-state index is -0.352. The van der Waals surface area contributed by atoms with Gasteiger partial charge >= 0.3 is 23.9 Å². The lowest BCUT2D eigenvalue weighted by molar-refractivity contribution is -0.155. The molecule has 0 aromatic rings. The summed E-state index contributed by atoms with van der Waals surface area (Å²) in [5, 5.41) is 0. The van der Waals surface area contributed by atoms with Crippen molar-refractivity contribution >= 4 is 23.9 Å². The van der Waals surface area contributed by atoms with Crippen LogP contribution in [0, 0.1) is 35.5 Å². The summed E-state index contributed by atoms with van der Waals surface area (Å²) < 4.78 is 22.5. The maximum atomic E-state index is 11.9. The first-order chi connectivity index (χ1) is 17.9. The standard InChI is InChI=1S/C29H40O8/c30-26-22-11-9-20(14-24(22)28(32)36-26)34-18-5-1-16(2-6-18)13-17-3-7-19(8-4-17)35-21-10-12-23-25(15-21)29(33)37-27(23)31/h16-25H,1-15H2. The van der Waals surface area contributed by atoms with E-state index in [-0.39, 0.29) is 72.0 Å². The number of hydrogen-bond donors (Lipinski definition) is 0. The molecule has 204 valence electrons. The molecule has 0 aromatic carbocycles. The van der Waals surface area contributed by atoms with Crippen LogP contribution in [0.1, 0.15) is 96.3 Å². The second-order valence-corrected chi connectivity index (χ2v) is 12.6. The molecule has 4 aliphatic carbocycles. The van der Waals surface area contributed by atoms with E-state index in [9.17, 15) is 19.2 Å². The van der Waals surface area contributed by atoms with E-state index >= 15 is 0 Å². The van der Waals surface area contributed by atoms with E-state index in [4.69, 9.17) is 18.9 Å². The molecule has 0 spiro atoms. The third-order valence-corrected chi connectivity index (χ3v) is 10.2. The Kier molecular flexibility index (Phi) is 7.41. The van der Waals surface area contributed by atoms with Gasteiger partial charge in [0.05, 0.1) is 48.1 Å². The maximum absolute atomic E-state index is 11.9. The van der Waals surface area contributed by atoms with E-state index in [1.54, 1.807) is 0 Å². The number of hydrogen-bond acceptors (Lipinski definition) is 8. The largest absolute Gasteiger partial charge is 0.393 e.